The van der Waals surface area contributed by atoms with E-state index < -0.39 is 0 Å². The van der Waals surface area contributed by atoms with Crippen LogP contribution in [0.25, 0.3) is 22.8 Å². The van der Waals surface area contributed by atoms with Crippen LogP contribution in [-0.2, 0) is 4.79 Å². The number of thioether (sulfide) groups is 1. The van der Waals surface area contributed by atoms with Gasteiger partial charge >= 0.3 is 0 Å². The third kappa shape index (κ3) is 4.55. The lowest BCUT2D eigenvalue weighted by Crippen LogP contribution is -2.25. The summed E-state index contributed by atoms with van der Waals surface area (Å²) in [6.45, 7) is -0.0341. The molecule has 0 aliphatic carbocycles. The number of carbonyl (C=O) groups is 2. The molecular weight excluding hydrogens is 440 g/mol. The van der Waals surface area contributed by atoms with E-state index in [1.807, 2.05) is 36.4 Å². The number of ether oxygens (including phenoxy) is 1. The van der Waals surface area contributed by atoms with E-state index in [1.165, 1.54) is 11.8 Å². The Hall–Kier alpha value is -4.18. The number of amides is 1. The highest BCUT2D eigenvalue weighted by atomic mass is 32.2. The maximum atomic E-state index is 12.8. The van der Waals surface area contributed by atoms with Crippen molar-refractivity contribution in [1.29, 1.82) is 0 Å². The van der Waals surface area contributed by atoms with Crippen molar-refractivity contribution in [3.05, 3.63) is 72.6 Å². The van der Waals surface area contributed by atoms with Gasteiger partial charge < -0.3 is 10.1 Å². The van der Waals surface area contributed by atoms with Gasteiger partial charge in [-0.2, -0.15) is 0 Å². The van der Waals surface area contributed by atoms with Crippen LogP contribution in [0.5, 0.6) is 5.75 Å². The molecule has 0 saturated carbocycles. The number of benzene rings is 1. The first kappa shape index (κ1) is 20.7. The van der Waals surface area contributed by atoms with Crippen molar-refractivity contribution in [3.8, 4) is 28.5 Å². The first-order valence-corrected chi connectivity index (χ1v) is 11.0. The molecule has 1 N–H and O–H groups in total. The predicted octanol–water partition coefficient (Wildman–Crippen LogP) is 3.30. The molecule has 3 aromatic heterocycles. The van der Waals surface area contributed by atoms with Crippen molar-refractivity contribution < 1.29 is 14.3 Å². The maximum Gasteiger partial charge on any atom is 0.262 e. The second-order valence-electron chi connectivity index (χ2n) is 6.98. The minimum absolute atomic E-state index is 0.0341. The molecule has 0 unspecified atom stereocenters. The average molecular weight is 456 g/mol. The molecule has 0 radical (unpaired) electrons. The molecule has 9 nitrogen and oxygen atoms in total. The molecule has 162 valence electrons. The Labute approximate surface area is 192 Å². The first-order chi connectivity index (χ1) is 16.2. The molecule has 10 heteroatoms. The van der Waals surface area contributed by atoms with Gasteiger partial charge in [0.15, 0.2) is 12.4 Å². The van der Waals surface area contributed by atoms with E-state index in [9.17, 15) is 9.59 Å². The number of nitrogens with zero attached hydrogens (tertiary/aromatic N) is 5. The monoisotopic (exact) mass is 456 g/mol. The number of Topliss-reactive ketones (excluding diaryl/α,β-unsaturated/α-hetero) is 1. The molecule has 1 aliphatic heterocycles. The zero-order chi connectivity index (χ0) is 22.6. The second-order valence-corrected chi connectivity index (χ2v) is 7.92. The summed E-state index contributed by atoms with van der Waals surface area (Å²) < 4.78 is 5.33. The number of ketones is 1. The van der Waals surface area contributed by atoms with Crippen LogP contribution in [0.2, 0.25) is 0 Å². The lowest BCUT2D eigenvalue weighted by molar-refractivity contribution is -0.118. The van der Waals surface area contributed by atoms with Crippen LogP contribution in [0.15, 0.2) is 72.1 Å². The molecule has 33 heavy (non-hydrogen) atoms. The topological polar surface area (TPSA) is 120 Å². The van der Waals surface area contributed by atoms with Gasteiger partial charge in [0.1, 0.15) is 17.1 Å². The minimum atomic E-state index is -0.254. The number of anilines is 1. The summed E-state index contributed by atoms with van der Waals surface area (Å²) in [5.41, 5.74) is 3.24. The molecule has 0 fully saturated rings. The number of fused-ring (bicyclic) bond motifs is 1. The lowest BCUT2D eigenvalue weighted by atomic mass is 10.1. The molecule has 1 amide bonds. The maximum absolute atomic E-state index is 12.8. The van der Waals surface area contributed by atoms with E-state index >= 15 is 0 Å². The summed E-state index contributed by atoms with van der Waals surface area (Å²) in [5, 5.41) is 11.6. The fourth-order valence-electron chi connectivity index (χ4n) is 3.20. The first-order valence-electron chi connectivity index (χ1n) is 9.97. The van der Waals surface area contributed by atoms with Crippen molar-refractivity contribution in [2.45, 2.75) is 5.16 Å². The molecular formula is C23H16N6O3S. The van der Waals surface area contributed by atoms with Gasteiger partial charge in [-0.1, -0.05) is 23.9 Å². The number of aromatic nitrogens is 5. The van der Waals surface area contributed by atoms with Gasteiger partial charge in [-0.15, -0.1) is 10.2 Å². The Bertz CT molecular complexity index is 1330. The minimum Gasteiger partial charge on any atom is -0.482 e. The number of carbonyl (C=O) groups excluding carboxylic acids is 2. The Kier molecular flexibility index (Phi) is 5.73. The SMILES string of the molecule is O=C1COc2ccc(C(=O)CSc3nnc(-c4ccccn4)c(-c4ccccn4)n3)cc2N1. The zero-order valence-corrected chi connectivity index (χ0v) is 18.0. The van der Waals surface area contributed by atoms with E-state index in [0.717, 1.165) is 0 Å². The zero-order valence-electron chi connectivity index (χ0n) is 17.1. The number of pyridine rings is 2. The molecule has 0 spiro atoms. The van der Waals surface area contributed by atoms with Crippen LogP contribution in [0.4, 0.5) is 5.69 Å². The summed E-state index contributed by atoms with van der Waals surface area (Å²) in [6, 6.07) is 16.0. The van der Waals surface area contributed by atoms with Crippen LogP contribution in [0.1, 0.15) is 10.4 Å². The van der Waals surface area contributed by atoms with Crippen molar-refractivity contribution in [1.82, 2.24) is 25.1 Å². The molecule has 1 aromatic carbocycles. The summed E-state index contributed by atoms with van der Waals surface area (Å²) >= 11 is 1.17. The van der Waals surface area contributed by atoms with Gasteiger partial charge in [-0.25, -0.2) is 4.98 Å². The van der Waals surface area contributed by atoms with E-state index in [4.69, 9.17) is 4.74 Å². The third-order valence-corrected chi connectivity index (χ3v) is 5.59. The van der Waals surface area contributed by atoms with E-state index in [-0.39, 0.29) is 24.1 Å². The number of hydrogen-bond acceptors (Lipinski definition) is 9. The highest BCUT2D eigenvalue weighted by Crippen LogP contribution is 2.30. The summed E-state index contributed by atoms with van der Waals surface area (Å²) in [4.78, 5) is 37.7. The molecule has 0 bridgehead atoms. The number of rotatable bonds is 6. The van der Waals surface area contributed by atoms with Gasteiger partial charge in [0.25, 0.3) is 5.91 Å². The quantitative estimate of drug-likeness (QED) is 0.344. The fraction of sp³-hybridized carbons (Fsp3) is 0.0870. The summed E-state index contributed by atoms with van der Waals surface area (Å²) in [5.74, 6) is 0.242. The highest BCUT2D eigenvalue weighted by Gasteiger charge is 2.19. The van der Waals surface area contributed by atoms with Crippen LogP contribution < -0.4 is 10.1 Å². The summed E-state index contributed by atoms with van der Waals surface area (Å²) in [7, 11) is 0. The van der Waals surface area contributed by atoms with Gasteiger partial charge in [0.2, 0.25) is 5.16 Å². The highest BCUT2D eigenvalue weighted by molar-refractivity contribution is 7.99. The van der Waals surface area contributed by atoms with Crippen LogP contribution in [0.3, 0.4) is 0 Å². The Balaban J connectivity index is 1.39. The summed E-state index contributed by atoms with van der Waals surface area (Å²) in [6.07, 6.45) is 3.35. The largest absolute Gasteiger partial charge is 0.482 e. The third-order valence-electron chi connectivity index (χ3n) is 4.75. The van der Waals surface area contributed by atoms with Gasteiger partial charge in [-0.05, 0) is 42.5 Å². The Morgan fingerprint density at radius 3 is 2.45 bits per heavy atom. The molecule has 0 atom stereocenters. The molecule has 0 saturated heterocycles. The molecule has 1 aliphatic rings. The lowest BCUT2D eigenvalue weighted by Gasteiger charge is -2.18. The number of nitrogens with one attached hydrogen (secondary N) is 1. The second kappa shape index (κ2) is 9.13. The standard InChI is InChI=1S/C23H16N6O3S/c30-18(14-7-8-19-17(11-14)26-20(31)12-32-19)13-33-23-27-21(15-5-1-3-9-24-15)22(28-29-23)16-6-2-4-10-25-16/h1-11H,12-13H2,(H,26,31). The van der Waals surface area contributed by atoms with Gasteiger partial charge in [0, 0.05) is 18.0 Å². The van der Waals surface area contributed by atoms with Crippen LogP contribution in [-0.4, -0.2) is 49.2 Å². The molecule has 5 rings (SSSR count). The van der Waals surface area contributed by atoms with Crippen molar-refractivity contribution in [2.24, 2.45) is 0 Å². The Morgan fingerprint density at radius 1 is 0.970 bits per heavy atom. The van der Waals surface area contributed by atoms with Gasteiger partial charge in [0.05, 0.1) is 22.8 Å². The van der Waals surface area contributed by atoms with Crippen molar-refractivity contribution in [3.63, 3.8) is 0 Å². The number of hydrogen-bond donors (Lipinski definition) is 1. The Morgan fingerprint density at radius 2 is 1.73 bits per heavy atom. The molecule has 4 aromatic rings. The van der Waals surface area contributed by atoms with E-state index in [0.29, 0.717) is 44.9 Å². The van der Waals surface area contributed by atoms with Crippen molar-refractivity contribution in [2.75, 3.05) is 17.7 Å². The average Bonchev–Trinajstić information content (AvgIpc) is 2.87. The fourth-order valence-corrected chi connectivity index (χ4v) is 3.88. The van der Waals surface area contributed by atoms with Gasteiger partial charge in [-0.3, -0.25) is 19.6 Å². The van der Waals surface area contributed by atoms with Crippen molar-refractivity contribution >= 4 is 29.1 Å². The predicted molar refractivity (Wildman–Crippen MR) is 122 cm³/mol. The van der Waals surface area contributed by atoms with E-state index in [2.05, 4.69) is 30.5 Å². The molecule has 4 heterocycles. The van der Waals surface area contributed by atoms with Crippen LogP contribution >= 0.6 is 11.8 Å². The smallest absolute Gasteiger partial charge is 0.262 e. The van der Waals surface area contributed by atoms with E-state index in [1.54, 1.807) is 30.6 Å². The normalized spacial score (nSPS) is 12.4. The van der Waals surface area contributed by atoms with Crippen LogP contribution in [0, 0.1) is 0 Å².